The summed E-state index contributed by atoms with van der Waals surface area (Å²) >= 11 is 1.72. The Morgan fingerprint density at radius 3 is 2.72 bits per heavy atom. The minimum Gasteiger partial charge on any atom is -0.478 e. The molecule has 142 valence electrons. The number of carboxylic acids is 1. The molecule has 0 saturated heterocycles. The number of pyridine rings is 1. The van der Waals surface area contributed by atoms with Gasteiger partial charge in [-0.05, 0) is 53.6 Å². The Bertz CT molecular complexity index is 1290. The summed E-state index contributed by atoms with van der Waals surface area (Å²) in [6, 6.07) is 18.2. The van der Waals surface area contributed by atoms with Crippen molar-refractivity contribution in [2.24, 2.45) is 7.05 Å². The highest BCUT2D eigenvalue weighted by molar-refractivity contribution is 7.99. The molecule has 2 aromatic heterocycles. The molecular weight excluding hydrogens is 382 g/mol. The second kappa shape index (κ2) is 6.90. The number of carboxylic acid groups (broad SMARTS) is 1. The summed E-state index contributed by atoms with van der Waals surface area (Å²) in [7, 11) is 1.94. The summed E-state index contributed by atoms with van der Waals surface area (Å²) in [4.78, 5) is 18.2. The molecule has 0 amide bonds. The lowest BCUT2D eigenvalue weighted by Gasteiger charge is -2.04. The van der Waals surface area contributed by atoms with Crippen LogP contribution in [-0.4, -0.2) is 25.8 Å². The molecule has 0 atom stereocenters. The first-order valence-electron chi connectivity index (χ1n) is 9.22. The van der Waals surface area contributed by atoms with Crippen LogP contribution in [0.1, 0.15) is 27.3 Å². The van der Waals surface area contributed by atoms with E-state index in [-0.39, 0.29) is 0 Å². The maximum atomic E-state index is 11.5. The first kappa shape index (κ1) is 17.7. The fraction of sp³-hybridized carbons (Fsp3) is 0.0870. The van der Waals surface area contributed by atoms with Gasteiger partial charge in [0.25, 0.3) is 0 Å². The van der Waals surface area contributed by atoms with Crippen molar-refractivity contribution in [1.29, 1.82) is 0 Å². The number of benzene rings is 2. The summed E-state index contributed by atoms with van der Waals surface area (Å²) in [5.74, 6) is -0.924. The molecule has 4 aromatic rings. The van der Waals surface area contributed by atoms with Crippen LogP contribution in [0.25, 0.3) is 22.6 Å². The second-order valence-electron chi connectivity index (χ2n) is 6.94. The summed E-state index contributed by atoms with van der Waals surface area (Å²) < 4.78 is 1.88. The fourth-order valence-corrected chi connectivity index (χ4v) is 4.61. The van der Waals surface area contributed by atoms with Crippen molar-refractivity contribution in [1.82, 2.24) is 14.8 Å². The van der Waals surface area contributed by atoms with E-state index in [9.17, 15) is 9.90 Å². The molecule has 2 aromatic carbocycles. The van der Waals surface area contributed by atoms with Gasteiger partial charge in [-0.1, -0.05) is 30.0 Å². The molecule has 0 bridgehead atoms. The molecular formula is C23H17N3O2S. The van der Waals surface area contributed by atoms with Crippen LogP contribution in [0, 0.1) is 0 Å². The van der Waals surface area contributed by atoms with Crippen LogP contribution in [0.4, 0.5) is 0 Å². The van der Waals surface area contributed by atoms with E-state index in [1.54, 1.807) is 24.0 Å². The van der Waals surface area contributed by atoms with Crippen LogP contribution in [0.3, 0.4) is 0 Å². The van der Waals surface area contributed by atoms with E-state index >= 15 is 0 Å². The number of carbonyl (C=O) groups is 1. The topological polar surface area (TPSA) is 68.0 Å². The number of allylic oxidation sites excluding steroid dienone is 1. The van der Waals surface area contributed by atoms with Gasteiger partial charge in [0, 0.05) is 34.8 Å². The van der Waals surface area contributed by atoms with Crippen molar-refractivity contribution >= 4 is 40.3 Å². The average molecular weight is 399 g/mol. The van der Waals surface area contributed by atoms with Crippen LogP contribution in [0.5, 0.6) is 0 Å². The van der Waals surface area contributed by atoms with Crippen molar-refractivity contribution in [3.63, 3.8) is 0 Å². The van der Waals surface area contributed by atoms with E-state index < -0.39 is 5.97 Å². The number of hydrogen-bond donors (Lipinski definition) is 1. The first-order valence-corrected chi connectivity index (χ1v) is 10.0. The standard InChI is InChI=1S/C23H17N3O2S/c1-26-21-13-16(29-15-5-3-2-4-6-15)7-8-18(21)22(25-26)14-11-19-17(23(27)28)9-10-24-20(19)12-14/h2-10,12-13H,11H2,1H3,(H,27,28). The van der Waals surface area contributed by atoms with Crippen LogP contribution in [0.15, 0.2) is 70.6 Å². The predicted octanol–water partition coefficient (Wildman–Crippen LogP) is 4.91. The average Bonchev–Trinajstić information content (AvgIpc) is 3.29. The Morgan fingerprint density at radius 2 is 1.93 bits per heavy atom. The van der Waals surface area contributed by atoms with Crippen molar-refractivity contribution < 1.29 is 9.90 Å². The smallest absolute Gasteiger partial charge is 0.336 e. The largest absolute Gasteiger partial charge is 0.478 e. The molecule has 0 radical (unpaired) electrons. The Balaban J connectivity index is 1.52. The highest BCUT2D eigenvalue weighted by Crippen LogP contribution is 2.37. The number of fused-ring (bicyclic) bond motifs is 2. The molecule has 2 heterocycles. The molecule has 29 heavy (non-hydrogen) atoms. The molecule has 0 saturated carbocycles. The molecule has 6 heteroatoms. The maximum absolute atomic E-state index is 11.5. The first-order chi connectivity index (χ1) is 14.1. The van der Waals surface area contributed by atoms with E-state index in [1.807, 2.05) is 36.0 Å². The third kappa shape index (κ3) is 3.11. The Kier molecular flexibility index (Phi) is 4.21. The maximum Gasteiger partial charge on any atom is 0.336 e. The minimum atomic E-state index is -0.924. The minimum absolute atomic E-state index is 0.308. The number of rotatable bonds is 4. The summed E-state index contributed by atoms with van der Waals surface area (Å²) in [6.45, 7) is 0. The van der Waals surface area contributed by atoms with Crippen molar-refractivity contribution in [2.45, 2.75) is 16.2 Å². The zero-order chi connectivity index (χ0) is 20.0. The molecule has 5 rings (SSSR count). The van der Waals surface area contributed by atoms with E-state index in [4.69, 9.17) is 5.10 Å². The molecule has 1 N–H and O–H groups in total. The van der Waals surface area contributed by atoms with E-state index in [1.165, 1.54) is 4.90 Å². The van der Waals surface area contributed by atoms with Gasteiger partial charge in [0.15, 0.2) is 0 Å². The van der Waals surface area contributed by atoms with Gasteiger partial charge in [0.2, 0.25) is 0 Å². The lowest BCUT2D eigenvalue weighted by atomic mass is 10.0. The Morgan fingerprint density at radius 1 is 1.10 bits per heavy atom. The molecule has 0 unspecified atom stereocenters. The molecule has 5 nitrogen and oxygen atoms in total. The predicted molar refractivity (Wildman–Crippen MR) is 114 cm³/mol. The van der Waals surface area contributed by atoms with Gasteiger partial charge in [-0.25, -0.2) is 4.79 Å². The normalized spacial score (nSPS) is 12.8. The molecule has 0 aliphatic heterocycles. The summed E-state index contributed by atoms with van der Waals surface area (Å²) in [6.07, 6.45) is 4.03. The van der Waals surface area contributed by atoms with Crippen molar-refractivity contribution in [3.05, 3.63) is 83.3 Å². The monoisotopic (exact) mass is 399 g/mol. The quantitative estimate of drug-likeness (QED) is 0.528. The van der Waals surface area contributed by atoms with Crippen molar-refractivity contribution in [3.8, 4) is 0 Å². The number of nitrogens with zero attached hydrogens (tertiary/aromatic N) is 3. The van der Waals surface area contributed by atoms with Crippen LogP contribution in [-0.2, 0) is 13.5 Å². The lowest BCUT2D eigenvalue weighted by Crippen LogP contribution is -2.03. The van der Waals surface area contributed by atoms with Crippen LogP contribution in [0.2, 0.25) is 0 Å². The zero-order valence-electron chi connectivity index (χ0n) is 15.7. The Hall–Kier alpha value is -3.38. The fourth-order valence-electron chi connectivity index (χ4n) is 3.74. The van der Waals surface area contributed by atoms with Gasteiger partial charge >= 0.3 is 5.97 Å². The third-order valence-corrected chi connectivity index (χ3v) is 6.10. The van der Waals surface area contributed by atoms with Gasteiger partial charge in [0.05, 0.1) is 22.5 Å². The van der Waals surface area contributed by atoms with Crippen LogP contribution < -0.4 is 0 Å². The highest BCUT2D eigenvalue weighted by Gasteiger charge is 2.24. The molecule has 0 spiro atoms. The van der Waals surface area contributed by atoms with Gasteiger partial charge < -0.3 is 5.11 Å². The molecule has 1 aliphatic carbocycles. The van der Waals surface area contributed by atoms with E-state index in [0.29, 0.717) is 12.0 Å². The number of aryl methyl sites for hydroxylation is 1. The van der Waals surface area contributed by atoms with E-state index in [2.05, 4.69) is 35.3 Å². The van der Waals surface area contributed by atoms with Gasteiger partial charge in [-0.15, -0.1) is 0 Å². The van der Waals surface area contributed by atoms with E-state index in [0.717, 1.165) is 38.3 Å². The van der Waals surface area contributed by atoms with Crippen molar-refractivity contribution in [2.75, 3.05) is 0 Å². The number of aromatic nitrogens is 3. The third-order valence-electron chi connectivity index (χ3n) is 5.10. The molecule has 1 aliphatic rings. The van der Waals surface area contributed by atoms with Gasteiger partial charge in [-0.3, -0.25) is 9.67 Å². The van der Waals surface area contributed by atoms with Crippen LogP contribution >= 0.6 is 11.8 Å². The summed E-state index contributed by atoms with van der Waals surface area (Å²) in [5.41, 5.74) is 4.70. The van der Waals surface area contributed by atoms with Gasteiger partial charge in [0.1, 0.15) is 0 Å². The second-order valence-corrected chi connectivity index (χ2v) is 8.09. The number of aromatic carboxylic acids is 1. The molecule has 0 fully saturated rings. The highest BCUT2D eigenvalue weighted by atomic mass is 32.2. The van der Waals surface area contributed by atoms with Gasteiger partial charge in [-0.2, -0.15) is 5.10 Å². The Labute approximate surface area is 171 Å². The summed E-state index contributed by atoms with van der Waals surface area (Å²) in [5, 5.41) is 15.3. The lowest BCUT2D eigenvalue weighted by molar-refractivity contribution is 0.0695. The SMILES string of the molecule is Cn1nc(C2=Cc3nccc(C(=O)O)c3C2)c2ccc(Sc3ccccc3)cc21. The zero-order valence-corrected chi connectivity index (χ0v) is 16.5. The number of hydrogen-bond acceptors (Lipinski definition) is 4.